The Bertz CT molecular complexity index is 290. The van der Waals surface area contributed by atoms with Crippen molar-refractivity contribution in [2.45, 2.75) is 45.1 Å². The maximum absolute atomic E-state index is 11.5. The quantitative estimate of drug-likeness (QED) is 0.653. The van der Waals surface area contributed by atoms with Gasteiger partial charge in [-0.3, -0.25) is 4.79 Å². The van der Waals surface area contributed by atoms with E-state index in [0.717, 1.165) is 25.9 Å². The van der Waals surface area contributed by atoms with Crippen molar-refractivity contribution >= 4 is 12.0 Å². The van der Waals surface area contributed by atoms with Gasteiger partial charge >= 0.3 is 12.0 Å². The van der Waals surface area contributed by atoms with E-state index < -0.39 is 5.97 Å². The van der Waals surface area contributed by atoms with Crippen LogP contribution in [0.5, 0.6) is 0 Å². The highest BCUT2D eigenvalue weighted by molar-refractivity contribution is 5.73. The third kappa shape index (κ3) is 7.66. The predicted molar refractivity (Wildman–Crippen MR) is 71.0 cm³/mol. The molecule has 1 aliphatic rings. The van der Waals surface area contributed by atoms with Crippen LogP contribution in [0.3, 0.4) is 0 Å². The molecule has 0 aromatic rings. The number of urea groups is 1. The van der Waals surface area contributed by atoms with E-state index in [9.17, 15) is 9.59 Å². The molecule has 0 radical (unpaired) electrons. The number of aliphatic carboxylic acids is 1. The summed E-state index contributed by atoms with van der Waals surface area (Å²) in [4.78, 5) is 21.9. The van der Waals surface area contributed by atoms with Crippen LogP contribution in [0, 0.1) is 5.92 Å². The molecule has 0 saturated carbocycles. The molecule has 110 valence electrons. The summed E-state index contributed by atoms with van der Waals surface area (Å²) in [5.41, 5.74) is 0. The van der Waals surface area contributed by atoms with Gasteiger partial charge in [0.05, 0.1) is 6.10 Å². The molecule has 0 spiro atoms. The minimum atomic E-state index is -0.800. The second kappa shape index (κ2) is 8.74. The van der Waals surface area contributed by atoms with Gasteiger partial charge in [-0.15, -0.1) is 0 Å². The zero-order valence-corrected chi connectivity index (χ0v) is 11.5. The van der Waals surface area contributed by atoms with Gasteiger partial charge in [0, 0.05) is 26.1 Å². The Morgan fingerprint density at radius 2 is 2.16 bits per heavy atom. The summed E-state index contributed by atoms with van der Waals surface area (Å²) < 4.78 is 5.51. The molecular formula is C13H24N2O4. The molecule has 0 aromatic carbocycles. The Morgan fingerprint density at radius 1 is 1.37 bits per heavy atom. The average molecular weight is 272 g/mol. The summed E-state index contributed by atoms with van der Waals surface area (Å²) in [5, 5.41) is 14.1. The molecule has 1 heterocycles. The molecule has 0 bridgehead atoms. The first kappa shape index (κ1) is 15.8. The molecule has 19 heavy (non-hydrogen) atoms. The largest absolute Gasteiger partial charge is 0.481 e. The Labute approximate surface area is 113 Å². The number of hydrogen-bond acceptors (Lipinski definition) is 3. The maximum atomic E-state index is 11.5. The molecule has 6 nitrogen and oxygen atoms in total. The van der Waals surface area contributed by atoms with Crippen LogP contribution in [0.1, 0.15) is 39.0 Å². The second-order valence-electron chi connectivity index (χ2n) is 5.12. The number of ether oxygens (including phenoxy) is 1. The lowest BCUT2D eigenvalue weighted by Crippen LogP contribution is -2.42. The molecule has 1 rings (SSSR count). The summed E-state index contributed by atoms with van der Waals surface area (Å²) in [6.07, 6.45) is 4.09. The number of carboxylic acids is 1. The molecule has 1 fully saturated rings. The lowest BCUT2D eigenvalue weighted by atomic mass is 10.1. The Balaban J connectivity index is 2.05. The van der Waals surface area contributed by atoms with Crippen LogP contribution in [0.15, 0.2) is 0 Å². The van der Waals surface area contributed by atoms with Gasteiger partial charge in [0.15, 0.2) is 0 Å². The normalized spacial score (nSPS) is 20.6. The van der Waals surface area contributed by atoms with Gasteiger partial charge in [-0.2, -0.15) is 0 Å². The Kier molecular flexibility index (Phi) is 7.25. The SMILES string of the molecule is CC(CCC(=O)O)CNC(=O)NCC1CCCCO1. The zero-order valence-electron chi connectivity index (χ0n) is 11.5. The molecule has 6 heteroatoms. The molecule has 1 aliphatic heterocycles. The first-order valence-electron chi connectivity index (χ1n) is 6.93. The van der Waals surface area contributed by atoms with Crippen LogP contribution in [0.4, 0.5) is 4.79 Å². The molecule has 3 N–H and O–H groups in total. The third-order valence-corrected chi connectivity index (χ3v) is 3.23. The summed E-state index contributed by atoms with van der Waals surface area (Å²) >= 11 is 0. The van der Waals surface area contributed by atoms with Gasteiger partial charge in [-0.25, -0.2) is 4.79 Å². The number of carboxylic acid groups (broad SMARTS) is 1. The van der Waals surface area contributed by atoms with Crippen molar-refractivity contribution in [3.05, 3.63) is 0 Å². The van der Waals surface area contributed by atoms with E-state index in [-0.39, 0.29) is 24.5 Å². The second-order valence-corrected chi connectivity index (χ2v) is 5.12. The van der Waals surface area contributed by atoms with Crippen LogP contribution in [-0.4, -0.2) is 42.9 Å². The van der Waals surface area contributed by atoms with E-state index in [0.29, 0.717) is 19.5 Å². The smallest absolute Gasteiger partial charge is 0.314 e. The van der Waals surface area contributed by atoms with Crippen LogP contribution in [0.25, 0.3) is 0 Å². The minimum absolute atomic E-state index is 0.129. The van der Waals surface area contributed by atoms with E-state index >= 15 is 0 Å². The van der Waals surface area contributed by atoms with Gasteiger partial charge in [0.1, 0.15) is 0 Å². The van der Waals surface area contributed by atoms with E-state index in [1.165, 1.54) is 0 Å². The van der Waals surface area contributed by atoms with Gasteiger partial charge in [0.2, 0.25) is 0 Å². The number of carbonyl (C=O) groups excluding carboxylic acids is 1. The van der Waals surface area contributed by atoms with Gasteiger partial charge in [0.25, 0.3) is 0 Å². The summed E-state index contributed by atoms with van der Waals surface area (Å²) in [6, 6.07) is -0.212. The Hall–Kier alpha value is -1.30. The van der Waals surface area contributed by atoms with Crippen molar-refractivity contribution < 1.29 is 19.4 Å². The van der Waals surface area contributed by atoms with E-state index in [2.05, 4.69) is 10.6 Å². The van der Waals surface area contributed by atoms with Crippen molar-refractivity contribution in [3.63, 3.8) is 0 Å². The highest BCUT2D eigenvalue weighted by Gasteiger charge is 2.14. The summed E-state index contributed by atoms with van der Waals surface area (Å²) in [7, 11) is 0. The van der Waals surface area contributed by atoms with Crippen molar-refractivity contribution in [3.8, 4) is 0 Å². The topological polar surface area (TPSA) is 87.7 Å². The van der Waals surface area contributed by atoms with Crippen molar-refractivity contribution in [1.29, 1.82) is 0 Å². The van der Waals surface area contributed by atoms with Crippen molar-refractivity contribution in [2.75, 3.05) is 19.7 Å². The predicted octanol–water partition coefficient (Wildman–Crippen LogP) is 1.36. The monoisotopic (exact) mass is 272 g/mol. The fourth-order valence-electron chi connectivity index (χ4n) is 1.98. The number of hydrogen-bond donors (Lipinski definition) is 3. The van der Waals surface area contributed by atoms with E-state index in [1.807, 2.05) is 6.92 Å². The van der Waals surface area contributed by atoms with E-state index in [4.69, 9.17) is 9.84 Å². The lowest BCUT2D eigenvalue weighted by Gasteiger charge is -2.23. The minimum Gasteiger partial charge on any atom is -0.481 e. The molecular weight excluding hydrogens is 248 g/mol. The number of nitrogens with one attached hydrogen (secondary N) is 2. The molecule has 2 atom stereocenters. The summed E-state index contributed by atoms with van der Waals surface area (Å²) in [6.45, 7) is 3.73. The molecule has 1 saturated heterocycles. The van der Waals surface area contributed by atoms with Gasteiger partial charge in [-0.05, 0) is 31.6 Å². The summed E-state index contributed by atoms with van der Waals surface area (Å²) in [5.74, 6) is -0.640. The third-order valence-electron chi connectivity index (χ3n) is 3.23. The molecule has 0 aromatic heterocycles. The standard InChI is InChI=1S/C13H24N2O4/c1-10(5-6-12(16)17)8-14-13(18)15-9-11-4-2-3-7-19-11/h10-11H,2-9H2,1H3,(H,16,17)(H2,14,15,18). The van der Waals surface area contributed by atoms with Gasteiger partial charge < -0.3 is 20.5 Å². The average Bonchev–Trinajstić information content (AvgIpc) is 2.41. The fraction of sp³-hybridized carbons (Fsp3) is 0.846. The lowest BCUT2D eigenvalue weighted by molar-refractivity contribution is -0.137. The highest BCUT2D eigenvalue weighted by atomic mass is 16.5. The first-order chi connectivity index (χ1) is 9.08. The van der Waals surface area contributed by atoms with E-state index in [1.54, 1.807) is 0 Å². The number of amides is 2. The van der Waals surface area contributed by atoms with Crippen LogP contribution in [0.2, 0.25) is 0 Å². The van der Waals surface area contributed by atoms with Gasteiger partial charge in [-0.1, -0.05) is 6.92 Å². The van der Waals surface area contributed by atoms with Crippen LogP contribution < -0.4 is 10.6 Å². The maximum Gasteiger partial charge on any atom is 0.314 e. The van der Waals surface area contributed by atoms with Crippen molar-refractivity contribution in [1.82, 2.24) is 10.6 Å². The zero-order chi connectivity index (χ0) is 14.1. The van der Waals surface area contributed by atoms with Crippen molar-refractivity contribution in [2.24, 2.45) is 5.92 Å². The number of carbonyl (C=O) groups is 2. The first-order valence-corrected chi connectivity index (χ1v) is 6.93. The molecule has 2 unspecified atom stereocenters. The highest BCUT2D eigenvalue weighted by Crippen LogP contribution is 2.11. The van der Waals surface area contributed by atoms with Crippen LogP contribution in [-0.2, 0) is 9.53 Å². The molecule has 0 aliphatic carbocycles. The van der Waals surface area contributed by atoms with Crippen LogP contribution >= 0.6 is 0 Å². The number of rotatable bonds is 7. The Morgan fingerprint density at radius 3 is 2.79 bits per heavy atom. The molecule has 2 amide bonds. The fourth-order valence-corrected chi connectivity index (χ4v) is 1.98.